The van der Waals surface area contributed by atoms with Crippen molar-refractivity contribution in [2.45, 2.75) is 6.92 Å². The lowest BCUT2D eigenvalue weighted by Crippen LogP contribution is -1.92. The number of pyridine rings is 1. The molecular formula is C16H13N3O2. The maximum atomic E-state index is 5.44. The third-order valence-corrected chi connectivity index (χ3v) is 3.56. The topological polar surface area (TPSA) is 60.0 Å². The first-order chi connectivity index (χ1) is 10.3. The second-order valence-corrected chi connectivity index (χ2v) is 4.88. The first kappa shape index (κ1) is 12.0. The summed E-state index contributed by atoms with van der Waals surface area (Å²) in [6.45, 7) is 2.29. The standard InChI is InChI=1S/C16H13N3O2/c1-10-15(11-4-6-17-7-5-11)16(19-18-10)12-2-3-13-14(8-12)21-9-20-13/h2-8H,9H2,1H3,(H,18,19). The highest BCUT2D eigenvalue weighted by Gasteiger charge is 2.18. The van der Waals surface area contributed by atoms with E-state index in [9.17, 15) is 0 Å². The molecule has 0 fully saturated rings. The van der Waals surface area contributed by atoms with E-state index in [1.807, 2.05) is 37.3 Å². The molecule has 3 heterocycles. The van der Waals surface area contributed by atoms with Gasteiger partial charge in [-0.15, -0.1) is 0 Å². The number of H-pyrrole nitrogens is 1. The predicted molar refractivity (Wildman–Crippen MR) is 78.1 cm³/mol. The number of rotatable bonds is 2. The monoisotopic (exact) mass is 279 g/mol. The number of fused-ring (bicyclic) bond motifs is 1. The zero-order valence-electron chi connectivity index (χ0n) is 11.5. The van der Waals surface area contributed by atoms with Crippen LogP contribution in [0.25, 0.3) is 22.4 Å². The minimum atomic E-state index is 0.273. The molecular weight excluding hydrogens is 266 g/mol. The van der Waals surface area contributed by atoms with Gasteiger partial charge < -0.3 is 9.47 Å². The van der Waals surface area contributed by atoms with E-state index in [4.69, 9.17) is 9.47 Å². The van der Waals surface area contributed by atoms with E-state index in [1.54, 1.807) is 12.4 Å². The van der Waals surface area contributed by atoms with Gasteiger partial charge in [0, 0.05) is 29.2 Å². The quantitative estimate of drug-likeness (QED) is 0.782. The minimum absolute atomic E-state index is 0.273. The van der Waals surface area contributed by atoms with Gasteiger partial charge in [0.1, 0.15) is 5.69 Å². The Hall–Kier alpha value is -2.82. The van der Waals surface area contributed by atoms with Gasteiger partial charge in [0.2, 0.25) is 6.79 Å². The van der Waals surface area contributed by atoms with Crippen LogP contribution in [0.1, 0.15) is 5.69 Å². The molecule has 0 amide bonds. The molecule has 2 aromatic heterocycles. The number of nitrogens with one attached hydrogen (secondary N) is 1. The van der Waals surface area contributed by atoms with Crippen LogP contribution < -0.4 is 9.47 Å². The summed E-state index contributed by atoms with van der Waals surface area (Å²) < 4.78 is 10.8. The zero-order chi connectivity index (χ0) is 14.2. The van der Waals surface area contributed by atoms with Crippen LogP contribution in [0, 0.1) is 6.92 Å². The van der Waals surface area contributed by atoms with Crippen LogP contribution in [0.2, 0.25) is 0 Å². The molecule has 5 nitrogen and oxygen atoms in total. The minimum Gasteiger partial charge on any atom is -0.454 e. The predicted octanol–water partition coefficient (Wildman–Crippen LogP) is 3.18. The Morgan fingerprint density at radius 1 is 1.00 bits per heavy atom. The molecule has 0 atom stereocenters. The van der Waals surface area contributed by atoms with E-state index in [0.29, 0.717) is 0 Å². The Bertz CT molecular complexity index is 797. The van der Waals surface area contributed by atoms with Crippen LogP contribution in [0.5, 0.6) is 11.5 Å². The Labute approximate surface area is 121 Å². The highest BCUT2D eigenvalue weighted by Crippen LogP contribution is 2.39. The van der Waals surface area contributed by atoms with Crippen molar-refractivity contribution in [3.8, 4) is 33.9 Å². The average Bonchev–Trinajstić information content (AvgIpc) is 3.13. The fourth-order valence-electron chi connectivity index (χ4n) is 2.55. The number of ether oxygens (including phenoxy) is 2. The number of nitrogens with zero attached hydrogens (tertiary/aromatic N) is 2. The molecule has 1 aromatic carbocycles. The molecule has 1 aliphatic heterocycles. The molecule has 5 heteroatoms. The number of benzene rings is 1. The summed E-state index contributed by atoms with van der Waals surface area (Å²) in [4.78, 5) is 4.07. The summed E-state index contributed by atoms with van der Waals surface area (Å²) in [5, 5.41) is 7.51. The van der Waals surface area contributed by atoms with Crippen molar-refractivity contribution in [1.82, 2.24) is 15.2 Å². The van der Waals surface area contributed by atoms with Gasteiger partial charge >= 0.3 is 0 Å². The molecule has 3 aromatic rings. The van der Waals surface area contributed by atoms with Crippen molar-refractivity contribution in [2.75, 3.05) is 6.79 Å². The van der Waals surface area contributed by atoms with E-state index >= 15 is 0 Å². The maximum absolute atomic E-state index is 5.44. The molecule has 0 saturated heterocycles. The Morgan fingerprint density at radius 3 is 2.67 bits per heavy atom. The van der Waals surface area contributed by atoms with Gasteiger partial charge in [-0.05, 0) is 42.8 Å². The van der Waals surface area contributed by atoms with E-state index in [1.165, 1.54) is 0 Å². The van der Waals surface area contributed by atoms with E-state index in [-0.39, 0.29) is 6.79 Å². The molecule has 0 unspecified atom stereocenters. The third kappa shape index (κ3) is 1.94. The van der Waals surface area contributed by atoms with Crippen molar-refractivity contribution in [3.05, 3.63) is 48.4 Å². The molecule has 0 spiro atoms. The Morgan fingerprint density at radius 2 is 1.81 bits per heavy atom. The van der Waals surface area contributed by atoms with Crippen LogP contribution in [-0.4, -0.2) is 22.0 Å². The Kier molecular flexibility index (Phi) is 2.64. The van der Waals surface area contributed by atoms with E-state index < -0.39 is 0 Å². The highest BCUT2D eigenvalue weighted by molar-refractivity contribution is 5.83. The number of hydrogen-bond acceptors (Lipinski definition) is 4. The van der Waals surface area contributed by atoms with Gasteiger partial charge in [0.05, 0.1) is 0 Å². The highest BCUT2D eigenvalue weighted by atomic mass is 16.7. The maximum Gasteiger partial charge on any atom is 0.231 e. The molecule has 0 radical (unpaired) electrons. The second-order valence-electron chi connectivity index (χ2n) is 4.88. The van der Waals surface area contributed by atoms with Crippen molar-refractivity contribution in [1.29, 1.82) is 0 Å². The molecule has 21 heavy (non-hydrogen) atoms. The van der Waals surface area contributed by atoms with Crippen molar-refractivity contribution < 1.29 is 9.47 Å². The summed E-state index contributed by atoms with van der Waals surface area (Å²) in [5.41, 5.74) is 5.08. The van der Waals surface area contributed by atoms with E-state index in [2.05, 4.69) is 15.2 Å². The van der Waals surface area contributed by atoms with Gasteiger partial charge in [0.25, 0.3) is 0 Å². The molecule has 1 N–H and O–H groups in total. The van der Waals surface area contributed by atoms with Gasteiger partial charge in [-0.25, -0.2) is 0 Å². The fourth-order valence-corrected chi connectivity index (χ4v) is 2.55. The first-order valence-corrected chi connectivity index (χ1v) is 6.68. The summed E-state index contributed by atoms with van der Waals surface area (Å²) in [6, 6.07) is 9.83. The summed E-state index contributed by atoms with van der Waals surface area (Å²) >= 11 is 0. The van der Waals surface area contributed by atoms with Crippen LogP contribution in [0.15, 0.2) is 42.7 Å². The van der Waals surface area contributed by atoms with Crippen LogP contribution in [0.4, 0.5) is 0 Å². The average molecular weight is 279 g/mol. The van der Waals surface area contributed by atoms with Gasteiger partial charge in [0.15, 0.2) is 11.5 Å². The lowest BCUT2D eigenvalue weighted by Gasteiger charge is -2.05. The number of hydrogen-bond donors (Lipinski definition) is 1. The van der Waals surface area contributed by atoms with Crippen LogP contribution in [0.3, 0.4) is 0 Å². The molecule has 0 saturated carbocycles. The lowest BCUT2D eigenvalue weighted by atomic mass is 10.00. The smallest absolute Gasteiger partial charge is 0.231 e. The molecule has 0 bridgehead atoms. The molecule has 4 rings (SSSR count). The van der Waals surface area contributed by atoms with Gasteiger partial charge in [-0.2, -0.15) is 5.10 Å². The van der Waals surface area contributed by atoms with Crippen molar-refractivity contribution in [3.63, 3.8) is 0 Å². The SMILES string of the molecule is Cc1[nH]nc(-c2ccc3c(c2)OCO3)c1-c1ccncc1. The van der Waals surface area contributed by atoms with Crippen LogP contribution >= 0.6 is 0 Å². The number of aryl methyl sites for hydroxylation is 1. The Balaban J connectivity index is 1.87. The fraction of sp³-hybridized carbons (Fsp3) is 0.125. The van der Waals surface area contributed by atoms with E-state index in [0.717, 1.165) is 39.6 Å². The van der Waals surface area contributed by atoms with Crippen LogP contribution in [-0.2, 0) is 0 Å². The number of aromatic nitrogens is 3. The van der Waals surface area contributed by atoms with Gasteiger partial charge in [-0.1, -0.05) is 0 Å². The molecule has 1 aliphatic rings. The van der Waals surface area contributed by atoms with Crippen molar-refractivity contribution >= 4 is 0 Å². The first-order valence-electron chi connectivity index (χ1n) is 6.68. The van der Waals surface area contributed by atoms with Gasteiger partial charge in [-0.3, -0.25) is 10.1 Å². The van der Waals surface area contributed by atoms with Crippen molar-refractivity contribution in [2.24, 2.45) is 0 Å². The lowest BCUT2D eigenvalue weighted by molar-refractivity contribution is 0.174. The molecule has 0 aliphatic carbocycles. The largest absolute Gasteiger partial charge is 0.454 e. The third-order valence-electron chi connectivity index (χ3n) is 3.56. The zero-order valence-corrected chi connectivity index (χ0v) is 11.5. The number of aromatic amines is 1. The molecule has 104 valence electrons. The summed E-state index contributed by atoms with van der Waals surface area (Å²) in [5.74, 6) is 1.53. The summed E-state index contributed by atoms with van der Waals surface area (Å²) in [6.07, 6.45) is 3.57. The normalized spacial score (nSPS) is 12.6. The summed E-state index contributed by atoms with van der Waals surface area (Å²) in [7, 11) is 0. The second kappa shape index (κ2) is 4.63.